The minimum atomic E-state index is 0.479. The van der Waals surface area contributed by atoms with Crippen molar-refractivity contribution >= 4 is 15.9 Å². The molecule has 2 heteroatoms. The molecule has 1 fully saturated rings. The monoisotopic (exact) mass is 226 g/mol. The van der Waals surface area contributed by atoms with Gasteiger partial charge in [0.05, 0.1) is 0 Å². The Morgan fingerprint density at radius 2 is 2.08 bits per heavy atom. The molecule has 12 heavy (non-hydrogen) atoms. The SMILES string of the molecule is Cc1c(Br)ccc(C2CC2)c1O. The molecule has 1 aromatic rings. The Hall–Kier alpha value is -0.500. The summed E-state index contributed by atoms with van der Waals surface area (Å²) in [5, 5.41) is 9.76. The lowest BCUT2D eigenvalue weighted by molar-refractivity contribution is 0.463. The van der Waals surface area contributed by atoms with Crippen molar-refractivity contribution in [2.45, 2.75) is 25.7 Å². The van der Waals surface area contributed by atoms with Crippen molar-refractivity contribution < 1.29 is 5.11 Å². The van der Waals surface area contributed by atoms with Gasteiger partial charge in [-0.1, -0.05) is 22.0 Å². The summed E-state index contributed by atoms with van der Waals surface area (Å²) in [4.78, 5) is 0. The van der Waals surface area contributed by atoms with E-state index in [4.69, 9.17) is 0 Å². The fraction of sp³-hybridized carbons (Fsp3) is 0.400. The molecule has 1 aromatic carbocycles. The Morgan fingerprint density at radius 3 is 2.67 bits per heavy atom. The highest BCUT2D eigenvalue weighted by molar-refractivity contribution is 9.10. The van der Waals surface area contributed by atoms with E-state index in [-0.39, 0.29) is 0 Å². The number of rotatable bonds is 1. The second-order valence-electron chi connectivity index (χ2n) is 3.38. The second-order valence-corrected chi connectivity index (χ2v) is 4.24. The van der Waals surface area contributed by atoms with Crippen molar-refractivity contribution in [1.82, 2.24) is 0 Å². The molecular weight excluding hydrogens is 216 g/mol. The van der Waals surface area contributed by atoms with Gasteiger partial charge in [-0.3, -0.25) is 0 Å². The molecule has 1 aliphatic carbocycles. The Morgan fingerprint density at radius 1 is 1.42 bits per heavy atom. The van der Waals surface area contributed by atoms with E-state index in [0.717, 1.165) is 15.6 Å². The van der Waals surface area contributed by atoms with Gasteiger partial charge in [0.1, 0.15) is 5.75 Å². The zero-order chi connectivity index (χ0) is 8.72. The molecule has 0 aromatic heterocycles. The summed E-state index contributed by atoms with van der Waals surface area (Å²) in [7, 11) is 0. The zero-order valence-corrected chi connectivity index (χ0v) is 8.56. The fourth-order valence-electron chi connectivity index (χ4n) is 1.42. The molecule has 0 amide bonds. The summed E-state index contributed by atoms with van der Waals surface area (Å²) in [6, 6.07) is 4.03. The van der Waals surface area contributed by atoms with Crippen LogP contribution in [0.15, 0.2) is 16.6 Å². The van der Waals surface area contributed by atoms with Crippen LogP contribution >= 0.6 is 15.9 Å². The van der Waals surface area contributed by atoms with E-state index in [2.05, 4.69) is 15.9 Å². The molecule has 1 aliphatic rings. The van der Waals surface area contributed by atoms with Crippen LogP contribution in [0.5, 0.6) is 5.75 Å². The number of benzene rings is 1. The van der Waals surface area contributed by atoms with Crippen molar-refractivity contribution in [3.8, 4) is 5.75 Å². The van der Waals surface area contributed by atoms with Gasteiger partial charge in [0, 0.05) is 10.0 Å². The van der Waals surface area contributed by atoms with Crippen LogP contribution in [0, 0.1) is 6.92 Å². The number of halogens is 1. The van der Waals surface area contributed by atoms with Crippen LogP contribution in [0.2, 0.25) is 0 Å². The van der Waals surface area contributed by atoms with E-state index in [1.54, 1.807) is 0 Å². The average molecular weight is 227 g/mol. The normalized spacial score (nSPS) is 16.5. The fourth-order valence-corrected chi connectivity index (χ4v) is 1.74. The molecule has 1 N–H and O–H groups in total. The van der Waals surface area contributed by atoms with Crippen LogP contribution in [0.25, 0.3) is 0 Å². The number of hydrogen-bond acceptors (Lipinski definition) is 1. The first-order valence-electron chi connectivity index (χ1n) is 4.18. The molecule has 64 valence electrons. The summed E-state index contributed by atoms with van der Waals surface area (Å²) < 4.78 is 0.990. The molecular formula is C10H11BrO. The Balaban J connectivity index is 2.49. The Bertz CT molecular complexity index is 316. The van der Waals surface area contributed by atoms with E-state index < -0.39 is 0 Å². The first-order chi connectivity index (χ1) is 5.70. The quantitative estimate of drug-likeness (QED) is 0.779. The molecule has 1 saturated carbocycles. The smallest absolute Gasteiger partial charge is 0.123 e. The van der Waals surface area contributed by atoms with Crippen LogP contribution in [0.4, 0.5) is 0 Å². The first kappa shape index (κ1) is 8.11. The predicted molar refractivity (Wildman–Crippen MR) is 52.5 cm³/mol. The molecule has 1 nitrogen and oxygen atoms in total. The predicted octanol–water partition coefficient (Wildman–Crippen LogP) is 3.34. The minimum Gasteiger partial charge on any atom is -0.507 e. The van der Waals surface area contributed by atoms with Gasteiger partial charge < -0.3 is 5.11 Å². The minimum absolute atomic E-state index is 0.479. The zero-order valence-electron chi connectivity index (χ0n) is 6.97. The molecule has 0 bridgehead atoms. The maximum absolute atomic E-state index is 9.76. The van der Waals surface area contributed by atoms with Gasteiger partial charge in [0.25, 0.3) is 0 Å². The number of hydrogen-bond donors (Lipinski definition) is 1. The largest absolute Gasteiger partial charge is 0.507 e. The van der Waals surface area contributed by atoms with Crippen LogP contribution < -0.4 is 0 Å². The number of aromatic hydroxyl groups is 1. The standard InChI is InChI=1S/C10H11BrO/c1-6-9(11)5-4-8(10(6)12)7-2-3-7/h4-5,7,12H,2-3H2,1H3. The van der Waals surface area contributed by atoms with Gasteiger partial charge in [0.15, 0.2) is 0 Å². The molecule has 0 saturated heterocycles. The van der Waals surface area contributed by atoms with E-state index in [0.29, 0.717) is 11.7 Å². The van der Waals surface area contributed by atoms with Crippen molar-refractivity contribution in [1.29, 1.82) is 0 Å². The van der Waals surface area contributed by atoms with Gasteiger partial charge in [-0.15, -0.1) is 0 Å². The van der Waals surface area contributed by atoms with Crippen LogP contribution in [0.3, 0.4) is 0 Å². The molecule has 2 rings (SSSR count). The lowest BCUT2D eigenvalue weighted by Crippen LogP contribution is -1.85. The molecule has 0 radical (unpaired) electrons. The number of phenolic OH excluding ortho intramolecular Hbond substituents is 1. The van der Waals surface area contributed by atoms with Crippen LogP contribution in [-0.2, 0) is 0 Å². The summed E-state index contributed by atoms with van der Waals surface area (Å²) in [6.07, 6.45) is 2.46. The Kier molecular flexibility index (Phi) is 1.87. The first-order valence-corrected chi connectivity index (χ1v) is 4.97. The molecule has 0 heterocycles. The lowest BCUT2D eigenvalue weighted by Gasteiger charge is -2.06. The van der Waals surface area contributed by atoms with Gasteiger partial charge in [0.2, 0.25) is 0 Å². The van der Waals surface area contributed by atoms with E-state index in [9.17, 15) is 5.11 Å². The Labute approximate surface area is 80.5 Å². The highest BCUT2D eigenvalue weighted by Gasteiger charge is 2.26. The molecule has 0 spiro atoms. The second kappa shape index (κ2) is 2.77. The van der Waals surface area contributed by atoms with Crippen molar-refractivity contribution in [3.05, 3.63) is 27.7 Å². The third-order valence-electron chi connectivity index (χ3n) is 2.41. The van der Waals surface area contributed by atoms with E-state index in [1.165, 1.54) is 12.8 Å². The van der Waals surface area contributed by atoms with E-state index >= 15 is 0 Å². The third-order valence-corrected chi connectivity index (χ3v) is 3.27. The van der Waals surface area contributed by atoms with Crippen molar-refractivity contribution in [2.75, 3.05) is 0 Å². The van der Waals surface area contributed by atoms with Gasteiger partial charge >= 0.3 is 0 Å². The van der Waals surface area contributed by atoms with E-state index in [1.807, 2.05) is 19.1 Å². The van der Waals surface area contributed by atoms with Crippen molar-refractivity contribution in [3.63, 3.8) is 0 Å². The maximum Gasteiger partial charge on any atom is 0.123 e. The van der Waals surface area contributed by atoms with Gasteiger partial charge in [-0.2, -0.15) is 0 Å². The topological polar surface area (TPSA) is 20.2 Å². The van der Waals surface area contributed by atoms with Crippen LogP contribution in [0.1, 0.15) is 29.9 Å². The van der Waals surface area contributed by atoms with Gasteiger partial charge in [-0.25, -0.2) is 0 Å². The highest BCUT2D eigenvalue weighted by atomic mass is 79.9. The van der Waals surface area contributed by atoms with Gasteiger partial charge in [-0.05, 0) is 37.3 Å². The molecule has 0 atom stereocenters. The molecule has 0 unspecified atom stereocenters. The maximum atomic E-state index is 9.76. The summed E-state index contributed by atoms with van der Waals surface area (Å²) in [5.41, 5.74) is 2.08. The lowest BCUT2D eigenvalue weighted by atomic mass is 10.1. The number of phenols is 1. The van der Waals surface area contributed by atoms with Crippen molar-refractivity contribution in [2.24, 2.45) is 0 Å². The summed E-state index contributed by atoms with van der Waals surface area (Å²) in [5.74, 6) is 1.10. The summed E-state index contributed by atoms with van der Waals surface area (Å²) >= 11 is 3.39. The molecule has 0 aliphatic heterocycles. The van der Waals surface area contributed by atoms with Crippen LogP contribution in [-0.4, -0.2) is 5.11 Å². The highest BCUT2D eigenvalue weighted by Crippen LogP contribution is 2.45. The average Bonchev–Trinajstić information content (AvgIpc) is 2.84. The summed E-state index contributed by atoms with van der Waals surface area (Å²) in [6.45, 7) is 1.94. The third kappa shape index (κ3) is 1.24.